The highest BCUT2D eigenvalue weighted by Crippen LogP contribution is 2.20. The molecule has 2 N–H and O–H groups in total. The van der Waals surface area contributed by atoms with Crippen molar-refractivity contribution in [2.24, 2.45) is 4.99 Å². The van der Waals surface area contributed by atoms with Crippen molar-refractivity contribution in [2.75, 3.05) is 32.9 Å². The van der Waals surface area contributed by atoms with E-state index in [1.54, 1.807) is 18.2 Å². The first-order valence-corrected chi connectivity index (χ1v) is 9.43. The lowest BCUT2D eigenvalue weighted by Gasteiger charge is -2.13. The summed E-state index contributed by atoms with van der Waals surface area (Å²) in [6.45, 7) is 2.90. The Morgan fingerprint density at radius 3 is 2.86 bits per heavy atom. The van der Waals surface area contributed by atoms with Gasteiger partial charge in [0.25, 0.3) is 0 Å². The summed E-state index contributed by atoms with van der Waals surface area (Å²) in [5, 5.41) is 6.36. The lowest BCUT2D eigenvalue weighted by atomic mass is 10.2. The third-order valence-corrected chi connectivity index (χ3v) is 4.03. The second-order valence-electron chi connectivity index (χ2n) is 6.17. The van der Waals surface area contributed by atoms with Crippen LogP contribution in [0.5, 0.6) is 5.75 Å². The van der Waals surface area contributed by atoms with Crippen molar-refractivity contribution < 1.29 is 23.0 Å². The van der Waals surface area contributed by atoms with Crippen LogP contribution in [0.15, 0.2) is 29.3 Å². The van der Waals surface area contributed by atoms with E-state index >= 15 is 0 Å². The third-order valence-electron chi connectivity index (χ3n) is 4.03. The van der Waals surface area contributed by atoms with Gasteiger partial charge < -0.3 is 24.8 Å². The molecule has 0 radical (unpaired) electrons. The average Bonchev–Trinajstić information content (AvgIpc) is 3.16. The number of benzene rings is 1. The number of guanidine groups is 1. The number of nitrogens with one attached hydrogen (secondary N) is 2. The molecule has 9 heteroatoms. The zero-order valence-corrected chi connectivity index (χ0v) is 18.5. The van der Waals surface area contributed by atoms with Crippen LogP contribution in [0.25, 0.3) is 0 Å². The average molecular weight is 513 g/mol. The van der Waals surface area contributed by atoms with E-state index < -0.39 is 6.61 Å². The molecule has 0 spiro atoms. The van der Waals surface area contributed by atoms with Crippen LogP contribution in [0.4, 0.5) is 8.78 Å². The third kappa shape index (κ3) is 9.83. The van der Waals surface area contributed by atoms with E-state index in [-0.39, 0.29) is 42.4 Å². The summed E-state index contributed by atoms with van der Waals surface area (Å²) in [6.07, 6.45) is 3.27. The zero-order valence-electron chi connectivity index (χ0n) is 16.2. The molecule has 1 fully saturated rings. The monoisotopic (exact) mass is 513 g/mol. The highest BCUT2D eigenvalue weighted by atomic mass is 127. The SMILES string of the molecule is CCNC(=NCc1ccccc1OC(F)F)NCCCOCC1CCCO1.I. The van der Waals surface area contributed by atoms with Crippen LogP contribution >= 0.6 is 24.0 Å². The van der Waals surface area contributed by atoms with Crippen LogP contribution in [-0.2, 0) is 16.0 Å². The van der Waals surface area contributed by atoms with Crippen molar-refractivity contribution in [3.05, 3.63) is 29.8 Å². The van der Waals surface area contributed by atoms with E-state index in [1.807, 2.05) is 6.92 Å². The van der Waals surface area contributed by atoms with E-state index in [0.29, 0.717) is 37.8 Å². The number of hydrogen-bond acceptors (Lipinski definition) is 4. The maximum absolute atomic E-state index is 12.5. The maximum atomic E-state index is 12.5. The fourth-order valence-electron chi connectivity index (χ4n) is 2.72. The number of hydrogen-bond donors (Lipinski definition) is 2. The van der Waals surface area contributed by atoms with E-state index in [2.05, 4.69) is 20.4 Å². The van der Waals surface area contributed by atoms with Crippen LogP contribution in [0.3, 0.4) is 0 Å². The first kappa shape index (κ1) is 24.8. The Morgan fingerprint density at radius 1 is 1.32 bits per heavy atom. The van der Waals surface area contributed by atoms with Gasteiger partial charge >= 0.3 is 6.61 Å². The largest absolute Gasteiger partial charge is 0.434 e. The first-order valence-electron chi connectivity index (χ1n) is 9.43. The molecular formula is C19H30F2IN3O3. The van der Waals surface area contributed by atoms with Crippen LogP contribution in [0, 0.1) is 0 Å². The summed E-state index contributed by atoms with van der Waals surface area (Å²) in [6, 6.07) is 6.67. The molecule has 28 heavy (non-hydrogen) atoms. The second kappa shape index (κ2) is 14.7. The molecule has 1 aromatic carbocycles. The van der Waals surface area contributed by atoms with Gasteiger partial charge in [0.2, 0.25) is 0 Å². The van der Waals surface area contributed by atoms with Crippen molar-refractivity contribution in [3.8, 4) is 5.75 Å². The molecule has 160 valence electrons. The maximum Gasteiger partial charge on any atom is 0.387 e. The molecule has 0 saturated carbocycles. The molecule has 1 aromatic rings. The predicted octanol–water partition coefficient (Wildman–Crippen LogP) is 3.55. The number of ether oxygens (including phenoxy) is 3. The van der Waals surface area contributed by atoms with Crippen molar-refractivity contribution in [1.82, 2.24) is 10.6 Å². The molecule has 1 aliphatic rings. The Balaban J connectivity index is 0.00000392. The van der Waals surface area contributed by atoms with Crippen molar-refractivity contribution in [2.45, 2.75) is 45.4 Å². The molecule has 1 heterocycles. The Kier molecular flexibility index (Phi) is 13.1. The Hall–Kier alpha value is -1.20. The van der Waals surface area contributed by atoms with Crippen LogP contribution in [0.1, 0.15) is 31.7 Å². The quantitative estimate of drug-likeness (QED) is 0.205. The summed E-state index contributed by atoms with van der Waals surface area (Å²) in [5.74, 6) is 0.776. The number of para-hydroxylation sites is 1. The number of rotatable bonds is 11. The van der Waals surface area contributed by atoms with Crippen molar-refractivity contribution in [1.29, 1.82) is 0 Å². The topological polar surface area (TPSA) is 64.1 Å². The molecule has 0 aromatic heterocycles. The lowest BCUT2D eigenvalue weighted by molar-refractivity contribution is -0.0504. The molecule has 1 unspecified atom stereocenters. The Morgan fingerprint density at radius 2 is 2.14 bits per heavy atom. The van der Waals surface area contributed by atoms with Gasteiger partial charge in [-0.3, -0.25) is 0 Å². The fourth-order valence-corrected chi connectivity index (χ4v) is 2.72. The van der Waals surface area contributed by atoms with Gasteiger partial charge in [0, 0.05) is 31.9 Å². The Labute approximate surface area is 182 Å². The molecule has 0 bridgehead atoms. The van der Waals surface area contributed by atoms with Crippen LogP contribution in [0.2, 0.25) is 0 Å². The lowest BCUT2D eigenvalue weighted by Crippen LogP contribution is -2.38. The van der Waals surface area contributed by atoms with Gasteiger partial charge in [-0.05, 0) is 32.3 Å². The molecule has 1 atom stereocenters. The highest BCUT2D eigenvalue weighted by molar-refractivity contribution is 14.0. The first-order chi connectivity index (χ1) is 13.2. The van der Waals surface area contributed by atoms with Crippen molar-refractivity contribution in [3.63, 3.8) is 0 Å². The summed E-state index contributed by atoms with van der Waals surface area (Å²) < 4.78 is 40.6. The van der Waals surface area contributed by atoms with Crippen LogP contribution < -0.4 is 15.4 Å². The fraction of sp³-hybridized carbons (Fsp3) is 0.632. The van der Waals surface area contributed by atoms with Gasteiger partial charge in [-0.25, -0.2) is 4.99 Å². The van der Waals surface area contributed by atoms with Crippen molar-refractivity contribution >= 4 is 29.9 Å². The van der Waals surface area contributed by atoms with Gasteiger partial charge in [-0.1, -0.05) is 18.2 Å². The minimum absolute atomic E-state index is 0. The van der Waals surface area contributed by atoms with E-state index in [4.69, 9.17) is 9.47 Å². The van der Waals surface area contributed by atoms with Gasteiger partial charge in [0.05, 0.1) is 19.3 Å². The minimum atomic E-state index is -2.85. The predicted molar refractivity (Wildman–Crippen MR) is 116 cm³/mol. The van der Waals surface area contributed by atoms with E-state index in [0.717, 1.165) is 25.9 Å². The van der Waals surface area contributed by atoms with Gasteiger partial charge in [-0.15, -0.1) is 24.0 Å². The van der Waals surface area contributed by atoms with Crippen LogP contribution in [-0.4, -0.2) is 51.6 Å². The molecule has 1 saturated heterocycles. The highest BCUT2D eigenvalue weighted by Gasteiger charge is 2.15. The van der Waals surface area contributed by atoms with Gasteiger partial charge in [0.1, 0.15) is 5.75 Å². The summed E-state index contributed by atoms with van der Waals surface area (Å²) in [4.78, 5) is 4.44. The zero-order chi connectivity index (χ0) is 19.3. The normalized spacial score (nSPS) is 16.7. The summed E-state index contributed by atoms with van der Waals surface area (Å²) >= 11 is 0. The second-order valence-corrected chi connectivity index (χ2v) is 6.17. The number of nitrogens with zero attached hydrogens (tertiary/aromatic N) is 1. The standard InChI is InChI=1S/C19H29F2N3O3.HI/c1-2-22-19(23-10-6-11-25-14-16-8-5-12-26-16)24-13-15-7-3-4-9-17(15)27-18(20)21;/h3-4,7,9,16,18H,2,5-6,8,10-14H2,1H3,(H2,22,23,24);1H. The molecule has 6 nitrogen and oxygen atoms in total. The Bertz CT molecular complexity index is 573. The van der Waals surface area contributed by atoms with E-state index in [9.17, 15) is 8.78 Å². The van der Waals surface area contributed by atoms with Gasteiger partial charge in [0.15, 0.2) is 5.96 Å². The smallest absolute Gasteiger partial charge is 0.387 e. The minimum Gasteiger partial charge on any atom is -0.434 e. The number of alkyl halides is 2. The molecular weight excluding hydrogens is 483 g/mol. The molecule has 2 rings (SSSR count). The number of aliphatic imine (C=N–C) groups is 1. The molecule has 1 aliphatic heterocycles. The van der Waals surface area contributed by atoms with Gasteiger partial charge in [-0.2, -0.15) is 8.78 Å². The summed E-state index contributed by atoms with van der Waals surface area (Å²) in [7, 11) is 0. The summed E-state index contributed by atoms with van der Waals surface area (Å²) in [5.41, 5.74) is 0.606. The molecule has 0 amide bonds. The van der Waals surface area contributed by atoms with E-state index in [1.165, 1.54) is 6.07 Å². The number of halogens is 3. The molecule has 0 aliphatic carbocycles.